The molecule has 1 aliphatic rings. The van der Waals surface area contributed by atoms with Crippen LogP contribution in [0.3, 0.4) is 0 Å². The van der Waals surface area contributed by atoms with E-state index in [1.54, 1.807) is 4.90 Å². The van der Waals surface area contributed by atoms with E-state index in [1.165, 1.54) is 0 Å². The molecular weight excluding hydrogens is 390 g/mol. The fourth-order valence-corrected chi connectivity index (χ4v) is 3.62. The molecule has 0 saturated heterocycles. The summed E-state index contributed by atoms with van der Waals surface area (Å²) in [5, 5.41) is 29.5. The van der Waals surface area contributed by atoms with Gasteiger partial charge in [-0.15, -0.1) is 0 Å². The number of hydrogen-bond donors (Lipinski definition) is 3. The Balaban J connectivity index is 3.17. The molecular formula is C22H41NO7. The van der Waals surface area contributed by atoms with Crippen molar-refractivity contribution in [2.45, 2.75) is 90.6 Å². The Morgan fingerprint density at radius 1 is 0.867 bits per heavy atom. The predicted octanol–water partition coefficient (Wildman–Crippen LogP) is 1.49. The van der Waals surface area contributed by atoms with E-state index in [0.717, 1.165) is 0 Å². The highest BCUT2D eigenvalue weighted by Crippen LogP contribution is 2.37. The highest BCUT2D eigenvalue weighted by Gasteiger charge is 2.48. The third-order valence-electron chi connectivity index (χ3n) is 6.23. The van der Waals surface area contributed by atoms with Gasteiger partial charge in [-0.3, -0.25) is 14.5 Å². The zero-order chi connectivity index (χ0) is 23.1. The van der Waals surface area contributed by atoms with Crippen LogP contribution in [-0.2, 0) is 19.1 Å². The zero-order valence-corrected chi connectivity index (χ0v) is 19.4. The summed E-state index contributed by atoms with van der Waals surface area (Å²) in [6.45, 7) is 11.3. The van der Waals surface area contributed by atoms with Crippen LogP contribution in [0.25, 0.3) is 0 Å². The quantitative estimate of drug-likeness (QED) is 0.421. The fourth-order valence-electron chi connectivity index (χ4n) is 3.62. The van der Waals surface area contributed by atoms with Crippen molar-refractivity contribution in [3.63, 3.8) is 0 Å². The number of esters is 2. The monoisotopic (exact) mass is 431 g/mol. The standard InChI is InChI=1S/C22H41NO7/c1-7-21(3,4)29-19(27)15-13-17(23(9-11-24)10-12-25)18(26)14-16(15)20(28)30-22(5,6)8-2/h15-18,24-26H,7-14H2,1-6H3. The maximum atomic E-state index is 13.1. The van der Waals surface area contributed by atoms with Gasteiger partial charge in [0.2, 0.25) is 0 Å². The first-order valence-corrected chi connectivity index (χ1v) is 11.0. The molecule has 1 rings (SSSR count). The van der Waals surface area contributed by atoms with Gasteiger partial charge in [0.05, 0.1) is 31.2 Å². The van der Waals surface area contributed by atoms with Crippen molar-refractivity contribution in [1.82, 2.24) is 4.90 Å². The number of hydrogen-bond acceptors (Lipinski definition) is 8. The molecule has 1 saturated carbocycles. The van der Waals surface area contributed by atoms with Crippen molar-refractivity contribution in [2.75, 3.05) is 26.3 Å². The molecule has 0 aliphatic heterocycles. The molecule has 4 atom stereocenters. The summed E-state index contributed by atoms with van der Waals surface area (Å²) in [5.74, 6) is -2.58. The van der Waals surface area contributed by atoms with Crippen LogP contribution in [0.5, 0.6) is 0 Å². The molecule has 176 valence electrons. The van der Waals surface area contributed by atoms with Crippen LogP contribution in [0, 0.1) is 11.8 Å². The minimum absolute atomic E-state index is 0.0585. The maximum Gasteiger partial charge on any atom is 0.310 e. The zero-order valence-electron chi connectivity index (χ0n) is 19.4. The second-order valence-electron chi connectivity index (χ2n) is 9.37. The third-order valence-corrected chi connectivity index (χ3v) is 6.23. The Labute approximate surface area is 180 Å². The van der Waals surface area contributed by atoms with Crippen molar-refractivity contribution < 1.29 is 34.4 Å². The Kier molecular flexibility index (Phi) is 10.2. The summed E-state index contributed by atoms with van der Waals surface area (Å²) in [7, 11) is 0. The van der Waals surface area contributed by atoms with Gasteiger partial charge in [-0.2, -0.15) is 0 Å². The van der Waals surface area contributed by atoms with Gasteiger partial charge in [-0.05, 0) is 53.4 Å². The predicted molar refractivity (Wildman–Crippen MR) is 113 cm³/mol. The number of nitrogens with zero attached hydrogens (tertiary/aromatic N) is 1. The number of aliphatic hydroxyl groups excluding tert-OH is 3. The van der Waals surface area contributed by atoms with Gasteiger partial charge in [-0.1, -0.05) is 13.8 Å². The van der Waals surface area contributed by atoms with Gasteiger partial charge in [0.15, 0.2) is 0 Å². The second kappa shape index (κ2) is 11.4. The largest absolute Gasteiger partial charge is 0.459 e. The molecule has 8 nitrogen and oxygen atoms in total. The molecule has 30 heavy (non-hydrogen) atoms. The lowest BCUT2D eigenvalue weighted by molar-refractivity contribution is -0.181. The summed E-state index contributed by atoms with van der Waals surface area (Å²) in [6.07, 6.45) is 0.592. The molecule has 0 aromatic rings. The lowest BCUT2D eigenvalue weighted by atomic mass is 9.74. The van der Waals surface area contributed by atoms with Gasteiger partial charge in [-0.25, -0.2) is 0 Å². The Hall–Kier alpha value is -1.22. The number of carbonyl (C=O) groups excluding carboxylic acids is 2. The van der Waals surface area contributed by atoms with Crippen molar-refractivity contribution in [2.24, 2.45) is 11.8 Å². The number of carbonyl (C=O) groups is 2. The summed E-state index contributed by atoms with van der Waals surface area (Å²) in [6, 6.07) is -0.477. The van der Waals surface area contributed by atoms with E-state index in [1.807, 2.05) is 41.5 Å². The molecule has 0 aromatic carbocycles. The summed E-state index contributed by atoms with van der Waals surface area (Å²) < 4.78 is 11.4. The first-order chi connectivity index (χ1) is 13.9. The summed E-state index contributed by atoms with van der Waals surface area (Å²) in [5.41, 5.74) is -1.34. The first-order valence-electron chi connectivity index (χ1n) is 11.0. The SMILES string of the molecule is CCC(C)(C)OC(=O)C1CC(O)C(N(CCO)CCO)CC1C(=O)OC(C)(C)CC. The summed E-state index contributed by atoms with van der Waals surface area (Å²) in [4.78, 5) is 27.8. The molecule has 0 radical (unpaired) electrons. The van der Waals surface area contributed by atoms with E-state index < -0.39 is 47.1 Å². The van der Waals surface area contributed by atoms with Gasteiger partial charge >= 0.3 is 11.9 Å². The Bertz CT molecular complexity index is 558. The van der Waals surface area contributed by atoms with Crippen LogP contribution in [-0.4, -0.2) is 81.8 Å². The average Bonchev–Trinajstić information content (AvgIpc) is 2.67. The highest BCUT2D eigenvalue weighted by molar-refractivity contribution is 5.83. The minimum Gasteiger partial charge on any atom is -0.459 e. The first kappa shape index (κ1) is 26.8. The number of rotatable bonds is 11. The lowest BCUT2D eigenvalue weighted by Gasteiger charge is -2.43. The van der Waals surface area contributed by atoms with Crippen LogP contribution in [0.1, 0.15) is 67.2 Å². The molecule has 4 unspecified atom stereocenters. The van der Waals surface area contributed by atoms with Crippen molar-refractivity contribution >= 4 is 11.9 Å². The molecule has 0 heterocycles. The van der Waals surface area contributed by atoms with Gasteiger partial charge in [0.25, 0.3) is 0 Å². The average molecular weight is 432 g/mol. The van der Waals surface area contributed by atoms with E-state index in [-0.39, 0.29) is 39.1 Å². The van der Waals surface area contributed by atoms with Gasteiger partial charge < -0.3 is 24.8 Å². The van der Waals surface area contributed by atoms with Crippen molar-refractivity contribution in [1.29, 1.82) is 0 Å². The lowest BCUT2D eigenvalue weighted by Crippen LogP contribution is -2.55. The van der Waals surface area contributed by atoms with Gasteiger partial charge in [0, 0.05) is 19.1 Å². The van der Waals surface area contributed by atoms with Crippen LogP contribution < -0.4 is 0 Å². The molecule has 1 aliphatic carbocycles. The number of aliphatic hydroxyl groups is 3. The molecule has 1 fully saturated rings. The summed E-state index contributed by atoms with van der Waals surface area (Å²) >= 11 is 0. The van der Waals surface area contributed by atoms with E-state index >= 15 is 0 Å². The maximum absolute atomic E-state index is 13.1. The van der Waals surface area contributed by atoms with Crippen LogP contribution in [0.4, 0.5) is 0 Å². The highest BCUT2D eigenvalue weighted by atomic mass is 16.6. The molecule has 0 amide bonds. The molecule has 0 spiro atoms. The number of ether oxygens (including phenoxy) is 2. The normalized spacial score (nSPS) is 25.3. The topological polar surface area (TPSA) is 117 Å². The fraction of sp³-hybridized carbons (Fsp3) is 0.909. The van der Waals surface area contributed by atoms with E-state index in [9.17, 15) is 24.9 Å². The molecule has 0 bridgehead atoms. The molecule has 0 aromatic heterocycles. The van der Waals surface area contributed by atoms with Crippen molar-refractivity contribution in [3.05, 3.63) is 0 Å². The minimum atomic E-state index is -0.895. The van der Waals surface area contributed by atoms with Crippen LogP contribution in [0.2, 0.25) is 0 Å². The van der Waals surface area contributed by atoms with Crippen LogP contribution >= 0.6 is 0 Å². The molecule has 3 N–H and O–H groups in total. The molecule has 8 heteroatoms. The van der Waals surface area contributed by atoms with Gasteiger partial charge in [0.1, 0.15) is 11.2 Å². The van der Waals surface area contributed by atoms with Crippen LogP contribution in [0.15, 0.2) is 0 Å². The Morgan fingerprint density at radius 2 is 1.27 bits per heavy atom. The van der Waals surface area contributed by atoms with Crippen molar-refractivity contribution in [3.8, 4) is 0 Å². The van der Waals surface area contributed by atoms with E-state index in [0.29, 0.717) is 12.8 Å². The third kappa shape index (κ3) is 7.48. The Morgan fingerprint density at radius 3 is 1.63 bits per heavy atom. The van der Waals surface area contributed by atoms with E-state index in [4.69, 9.17) is 9.47 Å². The second-order valence-corrected chi connectivity index (χ2v) is 9.37. The van der Waals surface area contributed by atoms with E-state index in [2.05, 4.69) is 0 Å². The smallest absolute Gasteiger partial charge is 0.310 e.